The molecule has 1 aromatic heterocycles. The first-order valence-electron chi connectivity index (χ1n) is 6.31. The maximum Gasteiger partial charge on any atom is 0.254 e. The van der Waals surface area contributed by atoms with E-state index in [2.05, 4.69) is 21.8 Å². The number of pyridine rings is 1. The van der Waals surface area contributed by atoms with E-state index in [1.807, 2.05) is 12.1 Å². The number of nitrogens with one attached hydrogen (secondary N) is 1. The van der Waals surface area contributed by atoms with E-state index in [1.54, 1.807) is 19.3 Å². The van der Waals surface area contributed by atoms with Crippen molar-refractivity contribution in [3.63, 3.8) is 0 Å². The van der Waals surface area contributed by atoms with Gasteiger partial charge in [-0.25, -0.2) is 4.98 Å². The van der Waals surface area contributed by atoms with Gasteiger partial charge in [-0.3, -0.25) is 4.79 Å². The van der Waals surface area contributed by atoms with E-state index in [1.165, 1.54) is 0 Å². The van der Waals surface area contributed by atoms with Crippen molar-refractivity contribution < 1.29 is 4.79 Å². The summed E-state index contributed by atoms with van der Waals surface area (Å²) in [5.74, 6) is 1.30. The van der Waals surface area contributed by atoms with E-state index in [4.69, 9.17) is 0 Å². The lowest BCUT2D eigenvalue weighted by Crippen LogP contribution is -2.35. The Morgan fingerprint density at radius 1 is 1.56 bits per heavy atom. The maximum absolute atomic E-state index is 11.8. The highest BCUT2D eigenvalue weighted by molar-refractivity contribution is 5.98. The monoisotopic (exact) mass is 245 g/mol. The Balaban J connectivity index is 2.18. The van der Waals surface area contributed by atoms with Gasteiger partial charge in [0.1, 0.15) is 5.82 Å². The third-order valence-corrected chi connectivity index (χ3v) is 3.43. The summed E-state index contributed by atoms with van der Waals surface area (Å²) in [6.45, 7) is 5.70. The average Bonchev–Trinajstić information content (AvgIpc) is 2.46. The summed E-state index contributed by atoms with van der Waals surface area (Å²) in [7, 11) is 1.64. The number of allylic oxidation sites excluding steroid dienone is 1. The number of nitrogens with zero attached hydrogens (tertiary/aromatic N) is 2. The van der Waals surface area contributed by atoms with Crippen LogP contribution in [0, 0.1) is 5.92 Å². The van der Waals surface area contributed by atoms with Crippen LogP contribution < -0.4 is 10.2 Å². The van der Waals surface area contributed by atoms with E-state index in [0.717, 1.165) is 31.7 Å². The molecule has 0 spiro atoms. The number of rotatable bonds is 3. The maximum atomic E-state index is 11.8. The third kappa shape index (κ3) is 2.53. The second kappa shape index (κ2) is 5.67. The molecule has 2 rings (SSSR count). The summed E-state index contributed by atoms with van der Waals surface area (Å²) < 4.78 is 0. The molecule has 1 saturated heterocycles. The molecule has 4 heteroatoms. The summed E-state index contributed by atoms with van der Waals surface area (Å²) in [6, 6.07) is 3.62. The van der Waals surface area contributed by atoms with Crippen LogP contribution in [0.4, 0.5) is 5.82 Å². The fourth-order valence-electron chi connectivity index (χ4n) is 2.31. The fourth-order valence-corrected chi connectivity index (χ4v) is 2.31. The van der Waals surface area contributed by atoms with E-state index < -0.39 is 0 Å². The molecule has 1 aromatic rings. The van der Waals surface area contributed by atoms with Crippen molar-refractivity contribution in [1.82, 2.24) is 10.3 Å². The molecule has 0 unspecified atom stereocenters. The molecular weight excluding hydrogens is 226 g/mol. The number of hydrogen-bond acceptors (Lipinski definition) is 3. The summed E-state index contributed by atoms with van der Waals surface area (Å²) in [6.07, 6.45) is 5.91. The number of carbonyl (C=O) groups is 1. The van der Waals surface area contributed by atoms with Gasteiger partial charge < -0.3 is 10.2 Å². The highest BCUT2D eigenvalue weighted by Crippen LogP contribution is 2.24. The minimum absolute atomic E-state index is 0.0797. The zero-order valence-corrected chi connectivity index (χ0v) is 10.7. The van der Waals surface area contributed by atoms with Crippen molar-refractivity contribution in [3.05, 3.63) is 36.5 Å². The van der Waals surface area contributed by atoms with Gasteiger partial charge in [0, 0.05) is 26.3 Å². The van der Waals surface area contributed by atoms with Crippen molar-refractivity contribution in [2.75, 3.05) is 25.0 Å². The minimum Gasteiger partial charge on any atom is -0.356 e. The topological polar surface area (TPSA) is 45.2 Å². The van der Waals surface area contributed by atoms with E-state index in [-0.39, 0.29) is 5.91 Å². The molecule has 1 amide bonds. The van der Waals surface area contributed by atoms with Crippen LogP contribution in [0.1, 0.15) is 23.2 Å². The second-order valence-corrected chi connectivity index (χ2v) is 4.51. The first-order chi connectivity index (χ1) is 8.76. The second-order valence-electron chi connectivity index (χ2n) is 4.51. The Kier molecular flexibility index (Phi) is 3.97. The lowest BCUT2D eigenvalue weighted by Gasteiger charge is -2.32. The molecule has 0 radical (unpaired) electrons. The Hall–Kier alpha value is -1.84. The van der Waals surface area contributed by atoms with E-state index in [0.29, 0.717) is 11.5 Å². The molecule has 0 bridgehead atoms. The predicted molar refractivity (Wildman–Crippen MR) is 72.8 cm³/mol. The van der Waals surface area contributed by atoms with Gasteiger partial charge in [-0.15, -0.1) is 6.58 Å². The molecular formula is C14H19N3O. The van der Waals surface area contributed by atoms with Crippen LogP contribution in [-0.4, -0.2) is 31.0 Å². The van der Waals surface area contributed by atoms with Crippen molar-refractivity contribution in [1.29, 1.82) is 0 Å². The molecule has 1 N–H and O–H groups in total. The lowest BCUT2D eigenvalue weighted by molar-refractivity contribution is 0.0963. The smallest absolute Gasteiger partial charge is 0.254 e. The van der Waals surface area contributed by atoms with Crippen LogP contribution in [0.3, 0.4) is 0 Å². The first kappa shape index (κ1) is 12.6. The number of hydrogen-bond donors (Lipinski definition) is 1. The molecule has 0 saturated carbocycles. The van der Waals surface area contributed by atoms with Crippen LogP contribution in [-0.2, 0) is 0 Å². The molecule has 1 aliphatic heterocycles. The molecule has 96 valence electrons. The first-order valence-corrected chi connectivity index (χ1v) is 6.31. The highest BCUT2D eigenvalue weighted by Gasteiger charge is 2.21. The molecule has 1 aliphatic rings. The van der Waals surface area contributed by atoms with Gasteiger partial charge in [0.2, 0.25) is 0 Å². The quantitative estimate of drug-likeness (QED) is 0.827. The standard InChI is InChI=1S/C14H19N3O/c1-3-11-6-9-17(10-7-11)13-12(14(18)15-2)5-4-8-16-13/h3-5,8,11H,1,6-7,9-10H2,2H3,(H,15,18). The van der Waals surface area contributed by atoms with Crippen molar-refractivity contribution in [2.45, 2.75) is 12.8 Å². The van der Waals surface area contributed by atoms with Gasteiger partial charge in [0.05, 0.1) is 5.56 Å². The third-order valence-electron chi connectivity index (χ3n) is 3.43. The van der Waals surface area contributed by atoms with Crippen LogP contribution in [0.2, 0.25) is 0 Å². The Morgan fingerprint density at radius 2 is 2.28 bits per heavy atom. The van der Waals surface area contributed by atoms with Crippen molar-refractivity contribution in [2.24, 2.45) is 5.92 Å². The van der Waals surface area contributed by atoms with Gasteiger partial charge >= 0.3 is 0 Å². The van der Waals surface area contributed by atoms with Gasteiger partial charge in [0.15, 0.2) is 0 Å². The van der Waals surface area contributed by atoms with E-state index in [9.17, 15) is 4.79 Å². The Labute approximate surface area is 108 Å². The number of piperidine rings is 1. The summed E-state index contributed by atoms with van der Waals surface area (Å²) in [4.78, 5) is 18.4. The fraction of sp³-hybridized carbons (Fsp3) is 0.429. The normalized spacial score (nSPS) is 16.4. The van der Waals surface area contributed by atoms with Crippen LogP contribution in [0.15, 0.2) is 31.0 Å². The zero-order chi connectivity index (χ0) is 13.0. The lowest BCUT2D eigenvalue weighted by atomic mass is 9.97. The van der Waals surface area contributed by atoms with Gasteiger partial charge in [-0.1, -0.05) is 6.08 Å². The van der Waals surface area contributed by atoms with E-state index >= 15 is 0 Å². The zero-order valence-electron chi connectivity index (χ0n) is 10.7. The number of amides is 1. The van der Waals surface area contributed by atoms with Gasteiger partial charge in [-0.2, -0.15) is 0 Å². The van der Waals surface area contributed by atoms with Crippen LogP contribution in [0.5, 0.6) is 0 Å². The summed E-state index contributed by atoms with van der Waals surface area (Å²) in [5.41, 5.74) is 0.650. The average molecular weight is 245 g/mol. The molecule has 0 aromatic carbocycles. The molecule has 0 atom stereocenters. The molecule has 2 heterocycles. The minimum atomic E-state index is -0.0797. The van der Waals surface area contributed by atoms with Gasteiger partial charge in [-0.05, 0) is 30.9 Å². The molecule has 1 fully saturated rings. The Morgan fingerprint density at radius 3 is 2.89 bits per heavy atom. The number of anilines is 1. The van der Waals surface area contributed by atoms with Gasteiger partial charge in [0.25, 0.3) is 5.91 Å². The summed E-state index contributed by atoms with van der Waals surface area (Å²) >= 11 is 0. The van der Waals surface area contributed by atoms with Crippen molar-refractivity contribution in [3.8, 4) is 0 Å². The van der Waals surface area contributed by atoms with Crippen molar-refractivity contribution >= 4 is 11.7 Å². The molecule has 4 nitrogen and oxygen atoms in total. The number of carbonyl (C=O) groups excluding carboxylic acids is 1. The highest BCUT2D eigenvalue weighted by atomic mass is 16.1. The molecule has 18 heavy (non-hydrogen) atoms. The predicted octanol–water partition coefficient (Wildman–Crippen LogP) is 1.84. The largest absolute Gasteiger partial charge is 0.356 e. The van der Waals surface area contributed by atoms with Crippen LogP contribution in [0.25, 0.3) is 0 Å². The summed E-state index contributed by atoms with van der Waals surface area (Å²) in [5, 5.41) is 2.66. The van der Waals surface area contributed by atoms with Crippen LogP contribution >= 0.6 is 0 Å². The number of aromatic nitrogens is 1. The molecule has 0 aliphatic carbocycles. The Bertz CT molecular complexity index is 436. The SMILES string of the molecule is C=CC1CCN(c2ncccc2C(=O)NC)CC1.